The first-order chi connectivity index (χ1) is 7.29. The highest BCUT2D eigenvalue weighted by Crippen LogP contribution is 2.17. The van der Waals surface area contributed by atoms with E-state index >= 15 is 0 Å². The summed E-state index contributed by atoms with van der Waals surface area (Å²) in [6.45, 7) is 6.10. The first-order valence-electron chi connectivity index (χ1n) is 5.44. The normalized spacial score (nSPS) is 9.53. The second-order valence-corrected chi connectivity index (χ2v) is 3.14. The van der Waals surface area contributed by atoms with Crippen LogP contribution < -0.4 is 5.73 Å². The Bertz CT molecular complexity index is 435. The Balaban J connectivity index is 0.000000531. The molecule has 0 radical (unpaired) electrons. The third-order valence-electron chi connectivity index (χ3n) is 2.16. The van der Waals surface area contributed by atoms with Gasteiger partial charge < -0.3 is 5.73 Å². The van der Waals surface area contributed by atoms with E-state index in [9.17, 15) is 0 Å². The Morgan fingerprint density at radius 3 is 2.53 bits per heavy atom. The van der Waals surface area contributed by atoms with Crippen molar-refractivity contribution >= 4 is 16.5 Å². The van der Waals surface area contributed by atoms with Gasteiger partial charge in [0.05, 0.1) is 0 Å². The number of nitrogens with zero attached hydrogens (tertiary/aromatic N) is 1. The number of aromatic nitrogens is 1. The lowest BCUT2D eigenvalue weighted by Crippen LogP contribution is -1.88. The van der Waals surface area contributed by atoms with Gasteiger partial charge in [0, 0.05) is 23.0 Å². The van der Waals surface area contributed by atoms with Gasteiger partial charge in [-0.05, 0) is 30.0 Å². The first-order valence-corrected chi connectivity index (χ1v) is 5.44. The van der Waals surface area contributed by atoms with E-state index in [0.717, 1.165) is 23.2 Å². The van der Waals surface area contributed by atoms with Gasteiger partial charge in [-0.25, -0.2) is 0 Å². The average molecular weight is 202 g/mol. The van der Waals surface area contributed by atoms with Crippen molar-refractivity contribution in [1.82, 2.24) is 4.98 Å². The number of aryl methyl sites for hydroxylation is 1. The average Bonchev–Trinajstić information content (AvgIpc) is 2.30. The molecule has 0 atom stereocenters. The Morgan fingerprint density at radius 2 is 1.87 bits per heavy atom. The number of nitrogen functional groups attached to an aromatic ring is 1. The maximum atomic E-state index is 5.69. The Labute approximate surface area is 91.1 Å². The van der Waals surface area contributed by atoms with Gasteiger partial charge in [0.15, 0.2) is 0 Å². The van der Waals surface area contributed by atoms with Crippen LogP contribution in [0.4, 0.5) is 5.69 Å². The maximum absolute atomic E-state index is 5.69. The minimum atomic E-state index is 0.806. The lowest BCUT2D eigenvalue weighted by atomic mass is 10.1. The van der Waals surface area contributed by atoms with Crippen LogP contribution in [0.15, 0.2) is 30.5 Å². The van der Waals surface area contributed by atoms with Gasteiger partial charge in [-0.1, -0.05) is 26.8 Å². The van der Waals surface area contributed by atoms with Crippen LogP contribution in [0.5, 0.6) is 0 Å². The number of rotatable bonds is 1. The molecule has 0 bridgehead atoms. The lowest BCUT2D eigenvalue weighted by molar-refractivity contribution is 1.05. The predicted octanol–water partition coefficient (Wildman–Crippen LogP) is 3.41. The molecular formula is C13H18N2. The fraction of sp³-hybridized carbons (Fsp3) is 0.308. The Hall–Kier alpha value is -1.57. The lowest BCUT2D eigenvalue weighted by Gasteiger charge is -2.01. The number of hydrogen-bond donors (Lipinski definition) is 1. The van der Waals surface area contributed by atoms with Crippen LogP contribution in [0.25, 0.3) is 10.8 Å². The van der Waals surface area contributed by atoms with Crippen molar-refractivity contribution < 1.29 is 0 Å². The largest absolute Gasteiger partial charge is 0.399 e. The number of pyridine rings is 1. The van der Waals surface area contributed by atoms with Crippen LogP contribution in [0.2, 0.25) is 0 Å². The summed E-state index contributed by atoms with van der Waals surface area (Å²) in [6, 6.07) is 7.97. The number of nitrogens with two attached hydrogens (primary N) is 1. The van der Waals surface area contributed by atoms with Crippen molar-refractivity contribution in [3.8, 4) is 0 Å². The first kappa shape index (κ1) is 11.5. The fourth-order valence-corrected chi connectivity index (χ4v) is 1.40. The van der Waals surface area contributed by atoms with Gasteiger partial charge in [-0.2, -0.15) is 0 Å². The number of fused-ring (bicyclic) bond motifs is 1. The molecule has 0 spiro atoms. The molecule has 0 amide bonds. The maximum Gasteiger partial charge on any atom is 0.0407 e. The van der Waals surface area contributed by atoms with Gasteiger partial charge in [0.25, 0.3) is 0 Å². The summed E-state index contributed by atoms with van der Waals surface area (Å²) in [4.78, 5) is 4.31. The van der Waals surface area contributed by atoms with Crippen LogP contribution in [-0.2, 0) is 6.42 Å². The molecule has 2 rings (SSSR count). The molecule has 1 aromatic carbocycles. The van der Waals surface area contributed by atoms with Crippen LogP contribution in [0, 0.1) is 0 Å². The number of hydrogen-bond acceptors (Lipinski definition) is 2. The molecule has 2 N–H and O–H groups in total. The Morgan fingerprint density at radius 1 is 1.13 bits per heavy atom. The van der Waals surface area contributed by atoms with Crippen molar-refractivity contribution in [2.45, 2.75) is 27.2 Å². The van der Waals surface area contributed by atoms with Gasteiger partial charge in [0.1, 0.15) is 0 Å². The van der Waals surface area contributed by atoms with E-state index < -0.39 is 0 Å². The van der Waals surface area contributed by atoms with E-state index in [4.69, 9.17) is 5.73 Å². The molecule has 2 aromatic rings. The third kappa shape index (κ3) is 2.69. The minimum Gasteiger partial charge on any atom is -0.399 e. The summed E-state index contributed by atoms with van der Waals surface area (Å²) < 4.78 is 0. The van der Waals surface area contributed by atoms with Crippen molar-refractivity contribution in [2.24, 2.45) is 0 Å². The summed E-state index contributed by atoms with van der Waals surface area (Å²) in [7, 11) is 0. The van der Waals surface area contributed by atoms with Crippen LogP contribution in [0.3, 0.4) is 0 Å². The minimum absolute atomic E-state index is 0.806. The van der Waals surface area contributed by atoms with Crippen molar-refractivity contribution in [2.75, 3.05) is 5.73 Å². The van der Waals surface area contributed by atoms with Gasteiger partial charge in [-0.15, -0.1) is 0 Å². The zero-order chi connectivity index (χ0) is 11.3. The van der Waals surface area contributed by atoms with Crippen LogP contribution >= 0.6 is 0 Å². The number of anilines is 1. The summed E-state index contributed by atoms with van der Waals surface area (Å²) in [5.74, 6) is 0. The van der Waals surface area contributed by atoms with Gasteiger partial charge in [0.2, 0.25) is 0 Å². The molecule has 0 saturated heterocycles. The van der Waals surface area contributed by atoms with Gasteiger partial charge >= 0.3 is 0 Å². The van der Waals surface area contributed by atoms with Crippen LogP contribution in [0.1, 0.15) is 26.5 Å². The zero-order valence-electron chi connectivity index (χ0n) is 9.62. The number of benzene rings is 1. The quantitative estimate of drug-likeness (QED) is 0.720. The van der Waals surface area contributed by atoms with E-state index in [2.05, 4.69) is 18.0 Å². The highest BCUT2D eigenvalue weighted by atomic mass is 14.7. The summed E-state index contributed by atoms with van der Waals surface area (Å²) in [5, 5.41) is 2.32. The van der Waals surface area contributed by atoms with E-state index in [1.165, 1.54) is 5.39 Å². The molecule has 0 aliphatic rings. The molecule has 0 aliphatic heterocycles. The van der Waals surface area contributed by atoms with E-state index in [0.29, 0.717) is 0 Å². The molecule has 2 nitrogen and oxygen atoms in total. The Kier molecular flexibility index (Phi) is 4.10. The third-order valence-corrected chi connectivity index (χ3v) is 2.16. The molecule has 0 unspecified atom stereocenters. The summed E-state index contributed by atoms with van der Waals surface area (Å²) >= 11 is 0. The fourth-order valence-electron chi connectivity index (χ4n) is 1.40. The highest BCUT2D eigenvalue weighted by molar-refractivity contribution is 5.84. The van der Waals surface area contributed by atoms with Gasteiger partial charge in [-0.3, -0.25) is 4.98 Å². The van der Waals surface area contributed by atoms with Crippen molar-refractivity contribution in [3.05, 3.63) is 36.2 Å². The topological polar surface area (TPSA) is 38.9 Å². The summed E-state index contributed by atoms with van der Waals surface area (Å²) in [6.07, 6.45) is 2.86. The zero-order valence-corrected chi connectivity index (χ0v) is 9.62. The second kappa shape index (κ2) is 5.35. The highest BCUT2D eigenvalue weighted by Gasteiger charge is 1.96. The standard InChI is InChI=1S/C11H12N2.C2H6/c1-2-11-6-9-5-10(12)4-3-8(9)7-13-11;1-2/h3-7H,2,12H2,1H3;1-2H3. The summed E-state index contributed by atoms with van der Waals surface area (Å²) in [5.41, 5.74) is 7.61. The van der Waals surface area contributed by atoms with Crippen LogP contribution in [-0.4, -0.2) is 4.98 Å². The van der Waals surface area contributed by atoms with E-state index in [1.54, 1.807) is 0 Å². The molecule has 0 saturated carbocycles. The van der Waals surface area contributed by atoms with E-state index in [-0.39, 0.29) is 0 Å². The molecule has 0 aliphatic carbocycles. The van der Waals surface area contributed by atoms with Crippen molar-refractivity contribution in [1.29, 1.82) is 0 Å². The molecule has 15 heavy (non-hydrogen) atoms. The molecular weight excluding hydrogens is 184 g/mol. The molecule has 0 fully saturated rings. The smallest absolute Gasteiger partial charge is 0.0407 e. The monoisotopic (exact) mass is 202 g/mol. The molecule has 2 heteroatoms. The molecule has 80 valence electrons. The SMILES string of the molecule is CC.CCc1cc2cc(N)ccc2cn1. The van der Waals surface area contributed by atoms with E-state index in [1.807, 2.05) is 38.2 Å². The molecule has 1 aromatic heterocycles. The predicted molar refractivity (Wildman–Crippen MR) is 66.9 cm³/mol. The van der Waals surface area contributed by atoms with Crippen molar-refractivity contribution in [3.63, 3.8) is 0 Å². The molecule has 1 heterocycles. The second-order valence-electron chi connectivity index (χ2n) is 3.14.